The Kier molecular flexibility index (Phi) is 4.85. The maximum Gasteiger partial charge on any atom is 0.300 e. The Bertz CT molecular complexity index is 612. The standard InChI is InChI=1S/C8H10ClN3O5S2/c1-2-11(4-6(10)13)19(16,17)7-3-5(12(14)15)8(9)18-7/h3H,2,4H2,1H3,(H2,10,13). The monoisotopic (exact) mass is 327 g/mol. The molecule has 0 aliphatic heterocycles. The molecule has 8 nitrogen and oxygen atoms in total. The van der Waals surface area contributed by atoms with Crippen LogP contribution in [0.5, 0.6) is 0 Å². The molecule has 0 radical (unpaired) electrons. The maximum absolute atomic E-state index is 12.1. The van der Waals surface area contributed by atoms with Gasteiger partial charge in [0, 0.05) is 12.6 Å². The second-order valence-electron chi connectivity index (χ2n) is 3.38. The van der Waals surface area contributed by atoms with Crippen LogP contribution < -0.4 is 5.73 Å². The summed E-state index contributed by atoms with van der Waals surface area (Å²) in [6.45, 7) is 1.03. The quantitative estimate of drug-likeness (QED) is 0.611. The zero-order valence-corrected chi connectivity index (χ0v) is 12.1. The van der Waals surface area contributed by atoms with Crippen molar-refractivity contribution >= 4 is 44.6 Å². The van der Waals surface area contributed by atoms with E-state index in [2.05, 4.69) is 0 Å². The molecule has 19 heavy (non-hydrogen) atoms. The van der Waals surface area contributed by atoms with Crippen LogP contribution in [-0.4, -0.2) is 36.6 Å². The molecule has 106 valence electrons. The van der Waals surface area contributed by atoms with E-state index < -0.39 is 33.1 Å². The van der Waals surface area contributed by atoms with Gasteiger partial charge in [-0.3, -0.25) is 14.9 Å². The van der Waals surface area contributed by atoms with E-state index in [1.165, 1.54) is 6.92 Å². The second-order valence-corrected chi connectivity index (χ2v) is 7.20. The minimum absolute atomic E-state index is 0.00852. The van der Waals surface area contributed by atoms with Crippen LogP contribution >= 0.6 is 22.9 Å². The van der Waals surface area contributed by atoms with E-state index in [-0.39, 0.29) is 15.1 Å². The summed E-state index contributed by atoms with van der Waals surface area (Å²) in [4.78, 5) is 20.7. The summed E-state index contributed by atoms with van der Waals surface area (Å²) in [6, 6.07) is 0.867. The van der Waals surface area contributed by atoms with Crippen LogP contribution in [-0.2, 0) is 14.8 Å². The number of nitrogens with zero attached hydrogens (tertiary/aromatic N) is 2. The topological polar surface area (TPSA) is 124 Å². The average molecular weight is 328 g/mol. The highest BCUT2D eigenvalue weighted by Crippen LogP contribution is 2.37. The molecular formula is C8H10ClN3O5S2. The number of rotatable bonds is 6. The van der Waals surface area contributed by atoms with Crippen LogP contribution in [0.4, 0.5) is 5.69 Å². The lowest BCUT2D eigenvalue weighted by molar-refractivity contribution is -0.384. The number of carbonyl (C=O) groups excluding carboxylic acids is 1. The van der Waals surface area contributed by atoms with Crippen LogP contribution in [0.25, 0.3) is 0 Å². The molecule has 0 aliphatic carbocycles. The number of carbonyl (C=O) groups is 1. The molecule has 2 N–H and O–H groups in total. The van der Waals surface area contributed by atoms with Crippen LogP contribution in [0.2, 0.25) is 4.34 Å². The Morgan fingerprint density at radius 2 is 2.21 bits per heavy atom. The number of likely N-dealkylation sites (N-methyl/N-ethyl adjacent to an activating group) is 1. The van der Waals surface area contributed by atoms with Crippen molar-refractivity contribution in [3.63, 3.8) is 0 Å². The molecule has 0 fully saturated rings. The van der Waals surface area contributed by atoms with Gasteiger partial charge < -0.3 is 5.73 Å². The highest BCUT2D eigenvalue weighted by Gasteiger charge is 2.30. The van der Waals surface area contributed by atoms with E-state index in [0.717, 1.165) is 10.4 Å². The molecule has 0 saturated carbocycles. The van der Waals surface area contributed by atoms with E-state index in [0.29, 0.717) is 11.3 Å². The van der Waals surface area contributed by atoms with Crippen LogP contribution in [0.1, 0.15) is 6.92 Å². The molecule has 0 spiro atoms. The molecule has 1 amide bonds. The number of thiophene rings is 1. The minimum Gasteiger partial charge on any atom is -0.369 e. The minimum atomic E-state index is -4.02. The van der Waals surface area contributed by atoms with Crippen molar-refractivity contribution in [3.05, 3.63) is 20.5 Å². The van der Waals surface area contributed by atoms with E-state index in [4.69, 9.17) is 17.3 Å². The number of nitro groups is 1. The lowest BCUT2D eigenvalue weighted by atomic mass is 10.6. The van der Waals surface area contributed by atoms with Gasteiger partial charge in [-0.1, -0.05) is 18.5 Å². The number of halogens is 1. The van der Waals surface area contributed by atoms with Crippen molar-refractivity contribution in [3.8, 4) is 0 Å². The fourth-order valence-electron chi connectivity index (χ4n) is 1.26. The number of primary amides is 1. The van der Waals surface area contributed by atoms with Crippen molar-refractivity contribution in [2.45, 2.75) is 11.1 Å². The Balaban J connectivity index is 3.22. The molecule has 1 heterocycles. The van der Waals surface area contributed by atoms with Gasteiger partial charge in [0.2, 0.25) is 5.91 Å². The molecule has 1 aromatic heterocycles. The van der Waals surface area contributed by atoms with E-state index in [1.807, 2.05) is 0 Å². The Labute approximate surface area is 118 Å². The van der Waals surface area contributed by atoms with Crippen LogP contribution in [0.3, 0.4) is 0 Å². The normalized spacial score (nSPS) is 11.7. The first kappa shape index (κ1) is 15.8. The third-order valence-corrected chi connectivity index (χ3v) is 5.83. The molecule has 1 rings (SSSR count). The summed E-state index contributed by atoms with van der Waals surface area (Å²) >= 11 is 6.16. The van der Waals surface area contributed by atoms with Crippen molar-refractivity contribution < 1.29 is 18.1 Å². The van der Waals surface area contributed by atoms with Crippen molar-refractivity contribution in [2.24, 2.45) is 5.73 Å². The molecule has 0 aromatic carbocycles. The van der Waals surface area contributed by atoms with Crippen molar-refractivity contribution in [1.82, 2.24) is 4.31 Å². The fourth-order valence-corrected chi connectivity index (χ4v) is 4.49. The number of sulfonamides is 1. The third kappa shape index (κ3) is 3.41. The molecule has 0 saturated heterocycles. The first-order valence-electron chi connectivity index (χ1n) is 4.92. The summed E-state index contributed by atoms with van der Waals surface area (Å²) in [5.41, 5.74) is 4.47. The SMILES string of the molecule is CCN(CC(N)=O)S(=O)(=O)c1cc([N+](=O)[O-])c(Cl)s1. The van der Waals surface area contributed by atoms with E-state index in [9.17, 15) is 23.3 Å². The van der Waals surface area contributed by atoms with Gasteiger partial charge >= 0.3 is 0 Å². The van der Waals surface area contributed by atoms with Gasteiger partial charge in [-0.2, -0.15) is 4.31 Å². The number of hydrogen-bond acceptors (Lipinski definition) is 6. The van der Waals surface area contributed by atoms with E-state index in [1.54, 1.807) is 0 Å². The van der Waals surface area contributed by atoms with E-state index >= 15 is 0 Å². The molecule has 11 heteroatoms. The summed E-state index contributed by atoms with van der Waals surface area (Å²) in [5, 5.41) is 10.6. The van der Waals surface area contributed by atoms with Crippen molar-refractivity contribution in [1.29, 1.82) is 0 Å². The average Bonchev–Trinajstić information content (AvgIpc) is 2.68. The lowest BCUT2D eigenvalue weighted by Gasteiger charge is -2.17. The zero-order chi connectivity index (χ0) is 14.8. The molecule has 0 unspecified atom stereocenters. The number of nitrogens with two attached hydrogens (primary N) is 1. The summed E-state index contributed by atoms with van der Waals surface area (Å²) in [6.07, 6.45) is 0. The molecule has 0 aliphatic rings. The van der Waals surface area contributed by atoms with Gasteiger partial charge in [0.05, 0.1) is 11.5 Å². The summed E-state index contributed by atoms with van der Waals surface area (Å²) in [7, 11) is -4.02. The van der Waals surface area contributed by atoms with Gasteiger partial charge in [-0.05, 0) is 0 Å². The smallest absolute Gasteiger partial charge is 0.300 e. The fraction of sp³-hybridized carbons (Fsp3) is 0.375. The van der Waals surface area contributed by atoms with Gasteiger partial charge in [0.25, 0.3) is 15.7 Å². The maximum atomic E-state index is 12.1. The van der Waals surface area contributed by atoms with Gasteiger partial charge in [-0.15, -0.1) is 11.3 Å². The zero-order valence-electron chi connectivity index (χ0n) is 9.70. The first-order valence-corrected chi connectivity index (χ1v) is 7.55. The first-order chi connectivity index (χ1) is 8.70. The Morgan fingerprint density at radius 3 is 2.58 bits per heavy atom. The Morgan fingerprint density at radius 1 is 1.63 bits per heavy atom. The largest absolute Gasteiger partial charge is 0.369 e. The van der Waals surface area contributed by atoms with Gasteiger partial charge in [0.1, 0.15) is 4.21 Å². The third-order valence-electron chi connectivity index (χ3n) is 2.12. The Hall–Kier alpha value is -1.23. The lowest BCUT2D eigenvalue weighted by Crippen LogP contribution is -2.37. The van der Waals surface area contributed by atoms with Gasteiger partial charge in [0.15, 0.2) is 4.34 Å². The van der Waals surface area contributed by atoms with Crippen molar-refractivity contribution in [2.75, 3.05) is 13.1 Å². The molecule has 1 aromatic rings. The summed E-state index contributed by atoms with van der Waals surface area (Å²) < 4.78 is 24.6. The van der Waals surface area contributed by atoms with Crippen LogP contribution in [0.15, 0.2) is 10.3 Å². The second kappa shape index (κ2) is 5.82. The number of amides is 1. The van der Waals surface area contributed by atoms with Crippen LogP contribution in [0, 0.1) is 10.1 Å². The highest BCUT2D eigenvalue weighted by atomic mass is 35.5. The highest BCUT2D eigenvalue weighted by molar-refractivity contribution is 7.91. The predicted molar refractivity (Wildman–Crippen MR) is 69.6 cm³/mol. The molecular weight excluding hydrogens is 318 g/mol. The number of hydrogen-bond donors (Lipinski definition) is 1. The molecule has 0 bridgehead atoms. The summed E-state index contributed by atoms with van der Waals surface area (Å²) in [5.74, 6) is -0.817. The predicted octanol–water partition coefficient (Wildman–Crippen LogP) is 0.806. The molecule has 0 atom stereocenters. The van der Waals surface area contributed by atoms with Gasteiger partial charge in [-0.25, -0.2) is 8.42 Å².